The van der Waals surface area contributed by atoms with Crippen LogP contribution in [0.25, 0.3) is 0 Å². The van der Waals surface area contributed by atoms with Crippen molar-refractivity contribution < 1.29 is 9.47 Å². The third-order valence-corrected chi connectivity index (χ3v) is 2.99. The third-order valence-electron chi connectivity index (χ3n) is 2.99. The lowest BCUT2D eigenvalue weighted by molar-refractivity contribution is 0.146. The fourth-order valence-electron chi connectivity index (χ4n) is 1.96. The molecule has 0 unspecified atom stereocenters. The lowest BCUT2D eigenvalue weighted by Gasteiger charge is -2.09. The summed E-state index contributed by atoms with van der Waals surface area (Å²) in [4.78, 5) is 0. The number of anilines is 1. The van der Waals surface area contributed by atoms with E-state index in [2.05, 4.69) is 10.4 Å². The topological polar surface area (TPSA) is 48.3 Å². The van der Waals surface area contributed by atoms with Crippen molar-refractivity contribution in [3.05, 3.63) is 41.7 Å². The highest BCUT2D eigenvalue weighted by Crippen LogP contribution is 2.18. The maximum atomic E-state index is 5.59. The maximum Gasteiger partial charge on any atom is 0.121 e. The molecule has 0 aliphatic heterocycles. The van der Waals surface area contributed by atoms with Gasteiger partial charge in [0.1, 0.15) is 12.4 Å². The predicted molar refractivity (Wildman–Crippen MR) is 79.1 cm³/mol. The number of aromatic nitrogens is 2. The Bertz CT molecular complexity index is 552. The summed E-state index contributed by atoms with van der Waals surface area (Å²) in [5.41, 5.74) is 3.27. The maximum absolute atomic E-state index is 5.59. The Morgan fingerprint density at radius 1 is 1.30 bits per heavy atom. The van der Waals surface area contributed by atoms with Crippen LogP contribution in [0.5, 0.6) is 5.75 Å². The summed E-state index contributed by atoms with van der Waals surface area (Å²) in [6, 6.07) is 7.92. The van der Waals surface area contributed by atoms with E-state index in [0.717, 1.165) is 23.7 Å². The smallest absolute Gasteiger partial charge is 0.121 e. The average molecular weight is 275 g/mol. The van der Waals surface area contributed by atoms with Crippen LogP contribution in [0.4, 0.5) is 5.69 Å². The molecular formula is C15H21N3O2. The van der Waals surface area contributed by atoms with E-state index < -0.39 is 0 Å². The van der Waals surface area contributed by atoms with Gasteiger partial charge in [0.15, 0.2) is 0 Å². The Labute approximate surface area is 119 Å². The Morgan fingerprint density at radius 2 is 2.15 bits per heavy atom. The molecule has 0 saturated carbocycles. The van der Waals surface area contributed by atoms with Gasteiger partial charge in [0.2, 0.25) is 0 Å². The molecule has 20 heavy (non-hydrogen) atoms. The minimum atomic E-state index is 0.557. The fourth-order valence-corrected chi connectivity index (χ4v) is 1.96. The lowest BCUT2D eigenvalue weighted by Crippen LogP contribution is -2.05. The molecule has 1 heterocycles. The first kappa shape index (κ1) is 14.4. The van der Waals surface area contributed by atoms with Crippen molar-refractivity contribution in [3.8, 4) is 5.75 Å². The molecule has 0 spiro atoms. The van der Waals surface area contributed by atoms with Crippen LogP contribution in [0, 0.1) is 6.92 Å². The van der Waals surface area contributed by atoms with Crippen LogP contribution in [0.1, 0.15) is 11.3 Å². The first-order chi connectivity index (χ1) is 9.69. The molecule has 0 aliphatic rings. The number of nitrogens with zero attached hydrogens (tertiary/aromatic N) is 2. The second-order valence-electron chi connectivity index (χ2n) is 4.64. The normalized spacial score (nSPS) is 10.6. The summed E-state index contributed by atoms with van der Waals surface area (Å²) in [5.74, 6) is 0.843. The van der Waals surface area contributed by atoms with Crippen molar-refractivity contribution >= 4 is 5.69 Å². The van der Waals surface area contributed by atoms with Crippen LogP contribution in [0.15, 0.2) is 30.5 Å². The van der Waals surface area contributed by atoms with Crippen LogP contribution in [0.3, 0.4) is 0 Å². The van der Waals surface area contributed by atoms with Crippen LogP contribution in [-0.2, 0) is 18.3 Å². The van der Waals surface area contributed by atoms with Gasteiger partial charge in [0.25, 0.3) is 0 Å². The molecule has 2 aromatic rings. The van der Waals surface area contributed by atoms with Gasteiger partial charge >= 0.3 is 0 Å². The summed E-state index contributed by atoms with van der Waals surface area (Å²) in [6.07, 6.45) is 2.03. The van der Waals surface area contributed by atoms with E-state index in [1.54, 1.807) is 7.11 Å². The number of nitrogens with one attached hydrogen (secondary N) is 1. The number of benzene rings is 1. The molecule has 1 N–H and O–H groups in total. The Morgan fingerprint density at radius 3 is 2.85 bits per heavy atom. The first-order valence-corrected chi connectivity index (χ1v) is 6.64. The molecule has 0 radical (unpaired) electrons. The highest BCUT2D eigenvalue weighted by atomic mass is 16.5. The average Bonchev–Trinajstić information content (AvgIpc) is 2.76. The van der Waals surface area contributed by atoms with E-state index in [9.17, 15) is 0 Å². The van der Waals surface area contributed by atoms with Gasteiger partial charge in [-0.05, 0) is 19.1 Å². The van der Waals surface area contributed by atoms with Crippen molar-refractivity contribution in [3.63, 3.8) is 0 Å². The molecule has 0 aliphatic carbocycles. The van der Waals surface area contributed by atoms with Crippen LogP contribution in [0.2, 0.25) is 0 Å². The van der Waals surface area contributed by atoms with Crippen LogP contribution >= 0.6 is 0 Å². The van der Waals surface area contributed by atoms with E-state index in [1.807, 2.05) is 49.1 Å². The van der Waals surface area contributed by atoms with E-state index in [-0.39, 0.29) is 0 Å². The second kappa shape index (κ2) is 6.96. The zero-order valence-corrected chi connectivity index (χ0v) is 12.2. The standard InChI is InChI=1S/C15H21N3O2/c1-12-13(11-18(2)17-12)10-16-14-5-4-6-15(9-14)20-8-7-19-3/h4-6,9,11,16H,7-8,10H2,1-3H3. The van der Waals surface area contributed by atoms with Gasteiger partial charge in [-0.2, -0.15) is 5.10 Å². The zero-order valence-electron chi connectivity index (χ0n) is 12.2. The van der Waals surface area contributed by atoms with Gasteiger partial charge in [-0.25, -0.2) is 0 Å². The summed E-state index contributed by atoms with van der Waals surface area (Å²) in [5, 5.41) is 7.71. The molecule has 0 saturated heterocycles. The third kappa shape index (κ3) is 3.99. The van der Waals surface area contributed by atoms with E-state index in [0.29, 0.717) is 13.2 Å². The van der Waals surface area contributed by atoms with Gasteiger partial charge in [-0.3, -0.25) is 4.68 Å². The molecule has 0 amide bonds. The predicted octanol–water partition coefficient (Wildman–Crippen LogP) is 2.37. The van der Waals surface area contributed by atoms with Gasteiger partial charge in [-0.15, -0.1) is 0 Å². The monoisotopic (exact) mass is 275 g/mol. The van der Waals surface area contributed by atoms with Crippen LogP contribution < -0.4 is 10.1 Å². The van der Waals surface area contributed by atoms with Crippen molar-refractivity contribution in [2.45, 2.75) is 13.5 Å². The molecule has 1 aromatic heterocycles. The number of methoxy groups -OCH3 is 1. The van der Waals surface area contributed by atoms with Gasteiger partial charge in [0.05, 0.1) is 12.3 Å². The summed E-state index contributed by atoms with van der Waals surface area (Å²) in [7, 11) is 3.60. The number of hydrogen-bond acceptors (Lipinski definition) is 4. The molecule has 5 nitrogen and oxygen atoms in total. The van der Waals surface area contributed by atoms with Crippen molar-refractivity contribution in [1.29, 1.82) is 0 Å². The Kier molecular flexibility index (Phi) is 5.01. The van der Waals surface area contributed by atoms with Crippen LogP contribution in [-0.4, -0.2) is 30.1 Å². The molecular weight excluding hydrogens is 254 g/mol. The molecule has 108 valence electrons. The van der Waals surface area contributed by atoms with Gasteiger partial charge < -0.3 is 14.8 Å². The molecule has 0 bridgehead atoms. The van der Waals surface area contributed by atoms with Crippen molar-refractivity contribution in [1.82, 2.24) is 9.78 Å². The fraction of sp³-hybridized carbons (Fsp3) is 0.400. The number of hydrogen-bond donors (Lipinski definition) is 1. The summed E-state index contributed by atoms with van der Waals surface area (Å²) >= 11 is 0. The molecule has 1 aromatic carbocycles. The summed E-state index contributed by atoms with van der Waals surface area (Å²) in [6.45, 7) is 3.91. The Balaban J connectivity index is 1.92. The number of aryl methyl sites for hydroxylation is 2. The highest BCUT2D eigenvalue weighted by Gasteiger charge is 2.03. The second-order valence-corrected chi connectivity index (χ2v) is 4.64. The molecule has 0 atom stereocenters. The largest absolute Gasteiger partial charge is 0.491 e. The van der Waals surface area contributed by atoms with E-state index in [4.69, 9.17) is 9.47 Å². The van der Waals surface area contributed by atoms with E-state index >= 15 is 0 Å². The lowest BCUT2D eigenvalue weighted by atomic mass is 10.2. The van der Waals surface area contributed by atoms with Gasteiger partial charge in [0, 0.05) is 44.2 Å². The number of ether oxygens (including phenoxy) is 2. The molecule has 5 heteroatoms. The van der Waals surface area contributed by atoms with Crippen molar-refractivity contribution in [2.24, 2.45) is 7.05 Å². The molecule has 0 fully saturated rings. The minimum absolute atomic E-state index is 0.557. The minimum Gasteiger partial charge on any atom is -0.491 e. The number of rotatable bonds is 7. The van der Waals surface area contributed by atoms with Gasteiger partial charge in [-0.1, -0.05) is 6.07 Å². The Hall–Kier alpha value is -2.01. The zero-order chi connectivity index (χ0) is 14.4. The molecule has 2 rings (SSSR count). The summed E-state index contributed by atoms with van der Waals surface area (Å²) < 4.78 is 12.4. The first-order valence-electron chi connectivity index (χ1n) is 6.64. The van der Waals surface area contributed by atoms with Crippen molar-refractivity contribution in [2.75, 3.05) is 25.6 Å². The SMILES string of the molecule is COCCOc1cccc(NCc2cn(C)nc2C)c1. The quantitative estimate of drug-likeness (QED) is 0.788. The highest BCUT2D eigenvalue weighted by molar-refractivity contribution is 5.48. The van der Waals surface area contributed by atoms with E-state index in [1.165, 1.54) is 5.56 Å².